The van der Waals surface area contributed by atoms with Crippen LogP contribution in [0.5, 0.6) is 0 Å². The molecule has 0 aliphatic heterocycles. The van der Waals surface area contributed by atoms with Crippen LogP contribution in [0.3, 0.4) is 0 Å². The van der Waals surface area contributed by atoms with E-state index in [1.165, 1.54) is 0 Å². The molecule has 0 atom stereocenters. The van der Waals surface area contributed by atoms with Gasteiger partial charge in [0.15, 0.2) is 6.29 Å². The molecule has 80 valence electrons. The van der Waals surface area contributed by atoms with Crippen molar-refractivity contribution in [3.8, 4) is 0 Å². The fraction of sp³-hybridized carbons (Fsp3) is 0.364. The number of nitrogens with zero attached hydrogens (tertiary/aromatic N) is 1. The van der Waals surface area contributed by atoms with Crippen LogP contribution in [0.1, 0.15) is 32.6 Å². The van der Waals surface area contributed by atoms with Crippen LogP contribution in [0, 0.1) is 37.8 Å². The topological polar surface area (TPSA) is 60.2 Å². The summed E-state index contributed by atoms with van der Waals surface area (Å²) < 4.78 is 0. The second-order valence-electron chi connectivity index (χ2n) is 3.64. The largest absolute Gasteiger partial charge is 0.298 e. The Morgan fingerprint density at radius 3 is 1.87 bits per heavy atom. The zero-order valence-corrected chi connectivity index (χ0v) is 9.25. The smallest absolute Gasteiger partial charge is 0.283 e. The highest BCUT2D eigenvalue weighted by molar-refractivity contribution is 5.86. The molecule has 1 aromatic carbocycles. The van der Waals surface area contributed by atoms with E-state index in [1.54, 1.807) is 13.8 Å². The van der Waals surface area contributed by atoms with Gasteiger partial charge in [0.1, 0.15) is 0 Å². The Morgan fingerprint density at radius 2 is 1.47 bits per heavy atom. The summed E-state index contributed by atoms with van der Waals surface area (Å²) in [6, 6.07) is 0. The van der Waals surface area contributed by atoms with Crippen LogP contribution in [-0.2, 0) is 0 Å². The van der Waals surface area contributed by atoms with Gasteiger partial charge in [-0.3, -0.25) is 14.9 Å². The number of aldehydes is 1. The van der Waals surface area contributed by atoms with Crippen LogP contribution >= 0.6 is 0 Å². The van der Waals surface area contributed by atoms with Gasteiger partial charge in [0.25, 0.3) is 5.69 Å². The minimum atomic E-state index is -0.488. The summed E-state index contributed by atoms with van der Waals surface area (Å²) in [5.74, 6) is 0. The lowest BCUT2D eigenvalue weighted by atomic mass is 9.93. The number of benzene rings is 1. The van der Waals surface area contributed by atoms with Crippen molar-refractivity contribution in [1.29, 1.82) is 0 Å². The van der Waals surface area contributed by atoms with Gasteiger partial charge in [-0.25, -0.2) is 0 Å². The average Bonchev–Trinajstić information content (AvgIpc) is 2.19. The molecular weight excluding hydrogens is 194 g/mol. The first-order valence-corrected chi connectivity index (χ1v) is 4.61. The zero-order valence-electron chi connectivity index (χ0n) is 9.25. The fourth-order valence-corrected chi connectivity index (χ4v) is 1.70. The molecule has 0 aromatic heterocycles. The summed E-state index contributed by atoms with van der Waals surface area (Å²) in [5, 5.41) is 10.9. The van der Waals surface area contributed by atoms with Crippen molar-refractivity contribution < 1.29 is 9.72 Å². The quantitative estimate of drug-likeness (QED) is 0.425. The van der Waals surface area contributed by atoms with E-state index in [2.05, 4.69) is 0 Å². The van der Waals surface area contributed by atoms with E-state index in [9.17, 15) is 14.9 Å². The molecule has 0 amide bonds. The Labute approximate surface area is 88.1 Å². The molecule has 0 saturated carbocycles. The van der Waals surface area contributed by atoms with Crippen LogP contribution in [-0.4, -0.2) is 11.2 Å². The molecule has 1 aromatic rings. The van der Waals surface area contributed by atoms with Crippen LogP contribution in [0.4, 0.5) is 5.69 Å². The Bertz CT molecular complexity index is 450. The number of nitro benzene ring substituents is 1. The van der Waals surface area contributed by atoms with Gasteiger partial charge in [0, 0.05) is 5.56 Å². The van der Waals surface area contributed by atoms with Crippen molar-refractivity contribution in [3.63, 3.8) is 0 Å². The van der Waals surface area contributed by atoms with E-state index < -0.39 is 4.92 Å². The molecule has 4 nitrogen and oxygen atoms in total. The summed E-state index contributed by atoms with van der Waals surface area (Å²) in [7, 11) is 0. The summed E-state index contributed by atoms with van der Waals surface area (Å²) in [5.41, 5.74) is 3.22. The maximum absolute atomic E-state index is 10.9. The summed E-state index contributed by atoms with van der Waals surface area (Å²) >= 11 is 0. The van der Waals surface area contributed by atoms with Gasteiger partial charge >= 0.3 is 0 Å². The van der Waals surface area contributed by atoms with Gasteiger partial charge in [0.2, 0.25) is 0 Å². The second kappa shape index (κ2) is 3.81. The first-order chi connectivity index (χ1) is 6.91. The van der Waals surface area contributed by atoms with Crippen molar-refractivity contribution in [2.75, 3.05) is 0 Å². The minimum absolute atomic E-state index is 0.0643. The third kappa shape index (κ3) is 1.63. The van der Waals surface area contributed by atoms with Crippen LogP contribution < -0.4 is 0 Å². The highest BCUT2D eigenvalue weighted by Crippen LogP contribution is 2.31. The highest BCUT2D eigenvalue weighted by Gasteiger charge is 2.22. The monoisotopic (exact) mass is 207 g/mol. The molecule has 0 radical (unpaired) electrons. The zero-order chi connectivity index (χ0) is 11.7. The van der Waals surface area contributed by atoms with E-state index in [4.69, 9.17) is 0 Å². The lowest BCUT2D eigenvalue weighted by Gasteiger charge is -2.11. The summed E-state index contributed by atoms with van der Waals surface area (Å²) in [6.45, 7) is 7.11. The normalized spacial score (nSPS) is 10.1. The third-order valence-corrected chi connectivity index (χ3v) is 3.00. The van der Waals surface area contributed by atoms with Crippen LogP contribution in [0.2, 0.25) is 0 Å². The Morgan fingerprint density at radius 1 is 1.00 bits per heavy atom. The molecule has 1 rings (SSSR count). The van der Waals surface area contributed by atoms with Crippen molar-refractivity contribution >= 4 is 12.0 Å². The number of hydrogen-bond donors (Lipinski definition) is 0. The van der Waals surface area contributed by atoms with Gasteiger partial charge in [-0.05, 0) is 44.4 Å². The average molecular weight is 207 g/mol. The second-order valence-corrected chi connectivity index (χ2v) is 3.64. The SMILES string of the molecule is Cc1c(C)c(C)c([N+](=O)[O-])c(C=O)c1C. The maximum Gasteiger partial charge on any atom is 0.283 e. The van der Waals surface area contributed by atoms with Gasteiger partial charge in [0.05, 0.1) is 10.5 Å². The van der Waals surface area contributed by atoms with E-state index >= 15 is 0 Å². The molecule has 0 spiro atoms. The number of nitro groups is 1. The molecule has 0 saturated heterocycles. The molecule has 0 unspecified atom stereocenters. The highest BCUT2D eigenvalue weighted by atomic mass is 16.6. The maximum atomic E-state index is 10.9. The van der Waals surface area contributed by atoms with E-state index in [0.717, 1.165) is 11.1 Å². The molecule has 15 heavy (non-hydrogen) atoms. The van der Waals surface area contributed by atoms with E-state index in [1.807, 2.05) is 13.8 Å². The predicted octanol–water partition coefficient (Wildman–Crippen LogP) is 2.64. The number of rotatable bonds is 2. The Hall–Kier alpha value is -1.71. The lowest BCUT2D eigenvalue weighted by Crippen LogP contribution is -2.04. The van der Waals surface area contributed by atoms with Crippen molar-refractivity contribution in [1.82, 2.24) is 0 Å². The van der Waals surface area contributed by atoms with E-state index in [0.29, 0.717) is 17.4 Å². The first kappa shape index (κ1) is 11.4. The minimum Gasteiger partial charge on any atom is -0.298 e. The van der Waals surface area contributed by atoms with Gasteiger partial charge in [-0.2, -0.15) is 0 Å². The van der Waals surface area contributed by atoms with Gasteiger partial charge in [-0.15, -0.1) is 0 Å². The van der Waals surface area contributed by atoms with Crippen molar-refractivity contribution in [2.24, 2.45) is 0 Å². The van der Waals surface area contributed by atoms with Crippen molar-refractivity contribution in [2.45, 2.75) is 27.7 Å². The third-order valence-electron chi connectivity index (χ3n) is 3.00. The molecule has 0 N–H and O–H groups in total. The summed E-state index contributed by atoms with van der Waals surface area (Å²) in [4.78, 5) is 21.2. The molecule has 0 aliphatic rings. The molecule has 0 aliphatic carbocycles. The van der Waals surface area contributed by atoms with Crippen molar-refractivity contribution in [3.05, 3.63) is 37.9 Å². The Balaban J connectivity index is 3.78. The number of carbonyl (C=O) groups excluding carboxylic acids is 1. The molecular formula is C11H13NO3. The standard InChI is InChI=1S/C11H13NO3/c1-6-7(2)9(4)11(12(14)15)10(5-13)8(6)3/h5H,1-4H3. The van der Waals surface area contributed by atoms with Gasteiger partial charge in [-0.1, -0.05) is 0 Å². The molecule has 0 bridgehead atoms. The predicted molar refractivity (Wildman–Crippen MR) is 57.4 cm³/mol. The Kier molecular flexibility index (Phi) is 2.88. The van der Waals surface area contributed by atoms with E-state index in [-0.39, 0.29) is 11.3 Å². The fourth-order valence-electron chi connectivity index (χ4n) is 1.70. The molecule has 0 heterocycles. The van der Waals surface area contributed by atoms with Crippen LogP contribution in [0.15, 0.2) is 0 Å². The number of carbonyl (C=O) groups is 1. The lowest BCUT2D eigenvalue weighted by molar-refractivity contribution is -0.385. The summed E-state index contributed by atoms with van der Waals surface area (Å²) in [6.07, 6.45) is 0.562. The van der Waals surface area contributed by atoms with Gasteiger partial charge < -0.3 is 0 Å². The number of hydrogen-bond acceptors (Lipinski definition) is 3. The first-order valence-electron chi connectivity index (χ1n) is 4.61. The molecule has 4 heteroatoms. The molecule has 0 fully saturated rings. The van der Waals surface area contributed by atoms with Crippen LogP contribution in [0.25, 0.3) is 0 Å².